The molecule has 1 aliphatic rings. The van der Waals surface area contributed by atoms with Crippen molar-refractivity contribution in [2.45, 2.75) is 18.5 Å². The summed E-state index contributed by atoms with van der Waals surface area (Å²) >= 11 is 3.41. The molecular weight excluding hydrogens is 344 g/mol. The molecule has 1 unspecified atom stereocenters. The Morgan fingerprint density at radius 2 is 1.77 bits per heavy atom. The Labute approximate surface area is 138 Å². The smallest absolute Gasteiger partial charge is 0.233 e. The van der Waals surface area contributed by atoms with Crippen LogP contribution in [0.4, 0.5) is 0 Å². The highest BCUT2D eigenvalue weighted by Crippen LogP contribution is 2.31. The van der Waals surface area contributed by atoms with Gasteiger partial charge in [-0.2, -0.15) is 0 Å². The molecule has 1 heterocycles. The van der Waals surface area contributed by atoms with Crippen molar-refractivity contribution in [1.82, 2.24) is 4.90 Å². The van der Waals surface area contributed by atoms with Crippen LogP contribution in [-0.4, -0.2) is 29.0 Å². The van der Waals surface area contributed by atoms with Gasteiger partial charge in [0.2, 0.25) is 6.04 Å². The Balaban J connectivity index is 1.77. The molecule has 0 saturated carbocycles. The highest BCUT2D eigenvalue weighted by atomic mass is 79.9. The molecule has 1 fully saturated rings. The van der Waals surface area contributed by atoms with Crippen molar-refractivity contribution in [1.29, 1.82) is 0 Å². The van der Waals surface area contributed by atoms with Crippen LogP contribution in [-0.2, 0) is 6.54 Å². The van der Waals surface area contributed by atoms with E-state index in [0.29, 0.717) is 6.54 Å². The van der Waals surface area contributed by atoms with Gasteiger partial charge in [-0.25, -0.2) is 0 Å². The molecule has 2 aromatic rings. The molecule has 0 aliphatic carbocycles. The van der Waals surface area contributed by atoms with Gasteiger partial charge in [-0.3, -0.25) is 15.0 Å². The monoisotopic (exact) mass is 360 g/mol. The van der Waals surface area contributed by atoms with Crippen LogP contribution in [0.25, 0.3) is 0 Å². The molecule has 2 aromatic carbocycles. The summed E-state index contributed by atoms with van der Waals surface area (Å²) in [6.07, 6.45) is 0. The predicted octanol–water partition coefficient (Wildman–Crippen LogP) is 3.69. The molecule has 3 rings (SSSR count). The van der Waals surface area contributed by atoms with Crippen molar-refractivity contribution in [2.24, 2.45) is 0 Å². The van der Waals surface area contributed by atoms with Gasteiger partial charge in [0.25, 0.3) is 0 Å². The summed E-state index contributed by atoms with van der Waals surface area (Å²) in [5.41, 5.74) is 2.24. The molecule has 5 heteroatoms. The first-order chi connectivity index (χ1) is 10.6. The van der Waals surface area contributed by atoms with Crippen LogP contribution in [0.1, 0.15) is 17.0 Å². The zero-order valence-corrected chi connectivity index (χ0v) is 13.6. The van der Waals surface area contributed by atoms with Gasteiger partial charge in [-0.1, -0.05) is 58.4 Å². The molecule has 0 amide bonds. The van der Waals surface area contributed by atoms with Crippen LogP contribution in [0.5, 0.6) is 0 Å². The van der Waals surface area contributed by atoms with Crippen molar-refractivity contribution in [3.63, 3.8) is 0 Å². The van der Waals surface area contributed by atoms with Crippen LogP contribution < -0.4 is 0 Å². The van der Waals surface area contributed by atoms with E-state index in [2.05, 4.69) is 33.0 Å². The van der Waals surface area contributed by atoms with E-state index >= 15 is 0 Å². The summed E-state index contributed by atoms with van der Waals surface area (Å²) in [5, 5.41) is 11.4. The minimum absolute atomic E-state index is 0.0492. The molecule has 22 heavy (non-hydrogen) atoms. The Morgan fingerprint density at radius 1 is 1.09 bits per heavy atom. The number of benzene rings is 2. The lowest BCUT2D eigenvalue weighted by Crippen LogP contribution is -2.28. The van der Waals surface area contributed by atoms with Gasteiger partial charge in [0.1, 0.15) is 0 Å². The van der Waals surface area contributed by atoms with E-state index in [1.165, 1.54) is 5.56 Å². The zero-order chi connectivity index (χ0) is 15.5. The molecule has 0 bridgehead atoms. The molecular formula is C17H17BrN2O2. The molecule has 0 spiro atoms. The molecule has 1 aliphatic heterocycles. The molecule has 1 saturated heterocycles. The second-order valence-electron chi connectivity index (χ2n) is 5.69. The van der Waals surface area contributed by atoms with E-state index in [4.69, 9.17) is 0 Å². The first-order valence-corrected chi connectivity index (χ1v) is 8.08. The third-order valence-electron chi connectivity index (χ3n) is 4.18. The maximum Gasteiger partial charge on any atom is 0.233 e. The van der Waals surface area contributed by atoms with E-state index < -0.39 is 6.04 Å². The maximum atomic E-state index is 11.4. The van der Waals surface area contributed by atoms with E-state index in [1.54, 1.807) is 0 Å². The second kappa shape index (κ2) is 6.58. The third kappa shape index (κ3) is 3.36. The van der Waals surface area contributed by atoms with Crippen molar-refractivity contribution >= 4 is 15.9 Å². The van der Waals surface area contributed by atoms with Crippen LogP contribution in [0.2, 0.25) is 0 Å². The summed E-state index contributed by atoms with van der Waals surface area (Å²) in [7, 11) is 0. The minimum Gasteiger partial charge on any atom is -0.292 e. The Hall–Kier alpha value is -1.72. The number of hydrogen-bond donors (Lipinski definition) is 0. The van der Waals surface area contributed by atoms with Crippen LogP contribution in [0.15, 0.2) is 59.1 Å². The third-order valence-corrected chi connectivity index (χ3v) is 4.71. The number of likely N-dealkylation sites (tertiary alicyclic amines) is 1. The fourth-order valence-corrected chi connectivity index (χ4v) is 3.35. The fourth-order valence-electron chi connectivity index (χ4n) is 3.09. The van der Waals surface area contributed by atoms with Crippen molar-refractivity contribution < 1.29 is 4.92 Å². The summed E-state index contributed by atoms with van der Waals surface area (Å²) < 4.78 is 0.994. The first kappa shape index (κ1) is 15.2. The average Bonchev–Trinajstić information content (AvgIpc) is 2.93. The predicted molar refractivity (Wildman–Crippen MR) is 89.4 cm³/mol. The zero-order valence-electron chi connectivity index (χ0n) is 12.1. The van der Waals surface area contributed by atoms with E-state index in [1.807, 2.05) is 42.5 Å². The van der Waals surface area contributed by atoms with Gasteiger partial charge in [0.15, 0.2) is 0 Å². The van der Waals surface area contributed by atoms with Gasteiger partial charge in [0, 0.05) is 22.5 Å². The number of hydrogen-bond acceptors (Lipinski definition) is 3. The van der Waals surface area contributed by atoms with Gasteiger partial charge in [0.05, 0.1) is 12.5 Å². The summed E-state index contributed by atoms with van der Waals surface area (Å²) in [6, 6.07) is 17.4. The van der Waals surface area contributed by atoms with Crippen LogP contribution >= 0.6 is 15.9 Å². The first-order valence-electron chi connectivity index (χ1n) is 7.29. The Bertz CT molecular complexity index is 645. The molecule has 0 N–H and O–H groups in total. The number of halogens is 1. The average molecular weight is 361 g/mol. The van der Waals surface area contributed by atoms with Crippen LogP contribution in [0, 0.1) is 10.1 Å². The number of rotatable bonds is 4. The highest BCUT2D eigenvalue weighted by Gasteiger charge is 2.41. The van der Waals surface area contributed by atoms with Crippen LogP contribution in [0.3, 0.4) is 0 Å². The van der Waals surface area contributed by atoms with E-state index in [0.717, 1.165) is 23.1 Å². The van der Waals surface area contributed by atoms with Gasteiger partial charge in [-0.15, -0.1) is 0 Å². The van der Waals surface area contributed by atoms with Gasteiger partial charge in [-0.05, 0) is 23.3 Å². The molecule has 114 valence electrons. The molecule has 4 nitrogen and oxygen atoms in total. The Kier molecular flexibility index (Phi) is 4.55. The second-order valence-corrected chi connectivity index (χ2v) is 6.61. The number of nitrogens with zero attached hydrogens (tertiary/aromatic N) is 2. The normalized spacial score (nSPS) is 21.9. The van der Waals surface area contributed by atoms with E-state index in [9.17, 15) is 10.1 Å². The topological polar surface area (TPSA) is 46.4 Å². The molecule has 2 atom stereocenters. The van der Waals surface area contributed by atoms with Crippen molar-refractivity contribution in [3.8, 4) is 0 Å². The maximum absolute atomic E-state index is 11.4. The highest BCUT2D eigenvalue weighted by molar-refractivity contribution is 9.10. The summed E-state index contributed by atoms with van der Waals surface area (Å²) in [5.74, 6) is -0.0492. The number of nitro groups is 1. The molecule has 0 aromatic heterocycles. The largest absolute Gasteiger partial charge is 0.292 e. The summed E-state index contributed by atoms with van der Waals surface area (Å²) in [4.78, 5) is 13.5. The SMILES string of the molecule is O=[N+]([O-])C1CN(Cc2ccccc2)C[C@H]1c1ccc(Br)cc1. The van der Waals surface area contributed by atoms with Crippen molar-refractivity contribution in [2.75, 3.05) is 13.1 Å². The standard InChI is InChI=1S/C17H17BrN2O2/c18-15-8-6-14(7-9-15)16-11-19(12-17(16)20(21)22)10-13-4-2-1-3-5-13/h1-9,16-17H,10-12H2/t16-,17?/m0/s1. The molecule has 0 radical (unpaired) electrons. The summed E-state index contributed by atoms with van der Waals surface area (Å²) in [6.45, 7) is 1.99. The minimum atomic E-state index is -0.537. The van der Waals surface area contributed by atoms with Gasteiger partial charge < -0.3 is 0 Å². The fraction of sp³-hybridized carbons (Fsp3) is 0.294. The van der Waals surface area contributed by atoms with Gasteiger partial charge >= 0.3 is 0 Å². The van der Waals surface area contributed by atoms with E-state index in [-0.39, 0.29) is 10.8 Å². The quantitative estimate of drug-likeness (QED) is 0.616. The Morgan fingerprint density at radius 3 is 2.41 bits per heavy atom. The van der Waals surface area contributed by atoms with Crippen molar-refractivity contribution in [3.05, 3.63) is 80.3 Å². The lowest BCUT2D eigenvalue weighted by molar-refractivity contribution is -0.521. The lowest BCUT2D eigenvalue weighted by atomic mass is 9.95. The lowest BCUT2D eigenvalue weighted by Gasteiger charge is -2.15.